The molecule has 0 aliphatic heterocycles. The Bertz CT molecular complexity index is 438. The number of ether oxygens (including phenoxy) is 2. The maximum Gasteiger partial charge on any atom is 0.0820 e. The largest absolute Gasteiger partial charge is 0.379 e. The zero-order valence-corrected chi connectivity index (χ0v) is 26.1. The van der Waals surface area contributed by atoms with Crippen LogP contribution in [0, 0.1) is 0 Å². The highest BCUT2D eigenvalue weighted by Gasteiger charge is 2.10. The predicted octanol–water partition coefficient (Wildman–Crippen LogP) is 10.5. The molecule has 0 spiro atoms. The molecule has 0 rings (SSSR count). The molecule has 0 bridgehead atoms. The van der Waals surface area contributed by atoms with E-state index >= 15 is 0 Å². The van der Waals surface area contributed by atoms with Crippen molar-refractivity contribution in [3.05, 3.63) is 12.2 Å². The van der Waals surface area contributed by atoms with Gasteiger partial charge in [0.1, 0.15) is 0 Å². The van der Waals surface area contributed by atoms with Gasteiger partial charge in [-0.15, -0.1) is 0 Å². The monoisotopic (exact) mass is 524 g/mol. The van der Waals surface area contributed by atoms with Crippen LogP contribution in [0.3, 0.4) is 0 Å². The molecule has 0 heterocycles. The molecule has 1 atom stereocenters. The van der Waals surface area contributed by atoms with Gasteiger partial charge >= 0.3 is 0 Å². The Balaban J connectivity index is 3.57. The van der Waals surface area contributed by atoms with E-state index in [2.05, 4.69) is 45.0 Å². The van der Waals surface area contributed by atoms with E-state index in [0.717, 1.165) is 32.8 Å². The van der Waals surface area contributed by atoms with Gasteiger partial charge in [-0.2, -0.15) is 0 Å². The molecule has 37 heavy (non-hydrogen) atoms. The van der Waals surface area contributed by atoms with Crippen LogP contribution in [0.25, 0.3) is 0 Å². The first kappa shape index (κ1) is 36.6. The molecule has 0 aromatic carbocycles. The topological polar surface area (TPSA) is 21.7 Å². The minimum absolute atomic E-state index is 0.251. The lowest BCUT2D eigenvalue weighted by atomic mass is 10.1. The van der Waals surface area contributed by atoms with Gasteiger partial charge in [-0.05, 0) is 59.0 Å². The average Bonchev–Trinajstić information content (AvgIpc) is 2.89. The van der Waals surface area contributed by atoms with Crippen LogP contribution in [-0.2, 0) is 9.47 Å². The van der Waals surface area contributed by atoms with E-state index < -0.39 is 0 Å². The van der Waals surface area contributed by atoms with Crippen LogP contribution in [0.15, 0.2) is 12.2 Å². The van der Waals surface area contributed by atoms with E-state index in [0.29, 0.717) is 0 Å². The Morgan fingerprint density at radius 3 is 1.46 bits per heavy atom. The first-order valence-corrected chi connectivity index (χ1v) is 16.7. The van der Waals surface area contributed by atoms with Gasteiger partial charge in [0.25, 0.3) is 0 Å². The first-order valence-electron chi connectivity index (χ1n) is 16.7. The van der Waals surface area contributed by atoms with Crippen molar-refractivity contribution in [1.29, 1.82) is 0 Å². The molecule has 1 unspecified atom stereocenters. The molecule has 0 N–H and O–H groups in total. The quantitative estimate of drug-likeness (QED) is 0.0666. The molecule has 0 aliphatic carbocycles. The van der Waals surface area contributed by atoms with Gasteiger partial charge in [-0.3, -0.25) is 0 Å². The van der Waals surface area contributed by atoms with E-state index in [-0.39, 0.29) is 6.10 Å². The van der Waals surface area contributed by atoms with Crippen molar-refractivity contribution in [3.63, 3.8) is 0 Å². The molecule has 222 valence electrons. The molecule has 0 saturated carbocycles. The van der Waals surface area contributed by atoms with Gasteiger partial charge in [0.05, 0.1) is 12.7 Å². The third kappa shape index (κ3) is 31.7. The van der Waals surface area contributed by atoms with Crippen molar-refractivity contribution in [3.8, 4) is 0 Å². The highest BCUT2D eigenvalue weighted by Crippen LogP contribution is 2.12. The summed E-state index contributed by atoms with van der Waals surface area (Å²) in [6.07, 6.45) is 35.9. The van der Waals surface area contributed by atoms with Crippen molar-refractivity contribution >= 4 is 0 Å². The molecular weight excluding hydrogens is 454 g/mol. The standard InChI is InChI=1S/C34H69NO2/c1-5-7-9-11-13-14-15-16-17-18-19-20-21-22-24-26-28-32-37-34(29-30-35(3)4)33-36-31-27-25-23-12-10-8-6-2/h16-17,34H,5-15,18-33H2,1-4H3. The second kappa shape index (κ2) is 31.8. The maximum absolute atomic E-state index is 6.23. The Kier molecular flexibility index (Phi) is 31.5. The fourth-order valence-corrected chi connectivity index (χ4v) is 4.77. The maximum atomic E-state index is 6.23. The van der Waals surface area contributed by atoms with Crippen LogP contribution in [0.5, 0.6) is 0 Å². The van der Waals surface area contributed by atoms with E-state index in [1.807, 2.05) is 0 Å². The highest BCUT2D eigenvalue weighted by molar-refractivity contribution is 4.81. The van der Waals surface area contributed by atoms with Gasteiger partial charge in [0.15, 0.2) is 0 Å². The number of hydrogen-bond donors (Lipinski definition) is 0. The van der Waals surface area contributed by atoms with Crippen LogP contribution in [0.2, 0.25) is 0 Å². The molecule has 0 aliphatic rings. The summed E-state index contributed by atoms with van der Waals surface area (Å²) in [4.78, 5) is 2.25. The minimum atomic E-state index is 0.251. The van der Waals surface area contributed by atoms with Gasteiger partial charge in [0.2, 0.25) is 0 Å². The van der Waals surface area contributed by atoms with Crippen LogP contribution in [0.4, 0.5) is 0 Å². The number of allylic oxidation sites excluding steroid dienone is 2. The third-order valence-electron chi connectivity index (χ3n) is 7.35. The number of unbranched alkanes of at least 4 members (excludes halogenated alkanes) is 19. The summed E-state index contributed by atoms with van der Waals surface area (Å²) in [6.45, 7) is 8.18. The summed E-state index contributed by atoms with van der Waals surface area (Å²) in [5.74, 6) is 0. The third-order valence-corrected chi connectivity index (χ3v) is 7.35. The van der Waals surface area contributed by atoms with E-state index in [4.69, 9.17) is 9.47 Å². The Morgan fingerprint density at radius 2 is 0.973 bits per heavy atom. The van der Waals surface area contributed by atoms with Crippen molar-refractivity contribution in [2.45, 2.75) is 168 Å². The molecule has 0 amide bonds. The van der Waals surface area contributed by atoms with Crippen LogP contribution < -0.4 is 0 Å². The summed E-state index contributed by atoms with van der Waals surface area (Å²) in [7, 11) is 4.28. The van der Waals surface area contributed by atoms with Gasteiger partial charge < -0.3 is 14.4 Å². The summed E-state index contributed by atoms with van der Waals surface area (Å²) < 4.78 is 12.2. The molecule has 3 heteroatoms. The molecule has 0 aromatic heterocycles. The lowest BCUT2D eigenvalue weighted by molar-refractivity contribution is -0.0248. The molecule has 0 fully saturated rings. The van der Waals surface area contributed by atoms with Gasteiger partial charge in [-0.25, -0.2) is 0 Å². The Labute approximate surface area is 234 Å². The zero-order chi connectivity index (χ0) is 27.1. The Morgan fingerprint density at radius 1 is 0.541 bits per heavy atom. The van der Waals surface area contributed by atoms with Crippen LogP contribution in [0.1, 0.15) is 162 Å². The lowest BCUT2D eigenvalue weighted by Gasteiger charge is -2.20. The molecule has 0 saturated heterocycles. The first-order chi connectivity index (χ1) is 18.2. The highest BCUT2D eigenvalue weighted by atomic mass is 16.5. The van der Waals surface area contributed by atoms with Crippen molar-refractivity contribution < 1.29 is 9.47 Å². The van der Waals surface area contributed by atoms with E-state index in [1.165, 1.54) is 141 Å². The molecular formula is C34H69NO2. The van der Waals surface area contributed by atoms with Crippen molar-refractivity contribution in [2.24, 2.45) is 0 Å². The van der Waals surface area contributed by atoms with Crippen molar-refractivity contribution in [2.75, 3.05) is 40.5 Å². The lowest BCUT2D eigenvalue weighted by Crippen LogP contribution is -2.26. The zero-order valence-electron chi connectivity index (χ0n) is 26.1. The fourth-order valence-electron chi connectivity index (χ4n) is 4.77. The average molecular weight is 524 g/mol. The van der Waals surface area contributed by atoms with Gasteiger partial charge in [-0.1, -0.05) is 129 Å². The predicted molar refractivity (Wildman–Crippen MR) is 166 cm³/mol. The van der Waals surface area contributed by atoms with Gasteiger partial charge in [0, 0.05) is 19.8 Å². The number of nitrogens with zero attached hydrogens (tertiary/aromatic N) is 1. The fraction of sp³-hybridized carbons (Fsp3) is 0.941. The SMILES string of the molecule is CCCCCCCCC=CCCCCCCCCCOC(CCN(C)C)COCCCCCCCCC. The Hall–Kier alpha value is -0.380. The van der Waals surface area contributed by atoms with E-state index in [9.17, 15) is 0 Å². The second-order valence-corrected chi connectivity index (χ2v) is 11.6. The van der Waals surface area contributed by atoms with E-state index in [1.54, 1.807) is 0 Å². The smallest absolute Gasteiger partial charge is 0.0820 e. The summed E-state index contributed by atoms with van der Waals surface area (Å²) in [6, 6.07) is 0. The summed E-state index contributed by atoms with van der Waals surface area (Å²) in [5, 5.41) is 0. The molecule has 3 nitrogen and oxygen atoms in total. The second-order valence-electron chi connectivity index (χ2n) is 11.6. The molecule has 0 radical (unpaired) electrons. The van der Waals surface area contributed by atoms with Crippen LogP contribution in [-0.4, -0.2) is 51.5 Å². The van der Waals surface area contributed by atoms with Crippen molar-refractivity contribution in [1.82, 2.24) is 4.90 Å². The number of rotatable bonds is 31. The van der Waals surface area contributed by atoms with Crippen LogP contribution >= 0.6 is 0 Å². The summed E-state index contributed by atoms with van der Waals surface area (Å²) in [5.41, 5.74) is 0. The summed E-state index contributed by atoms with van der Waals surface area (Å²) >= 11 is 0. The normalized spacial score (nSPS) is 12.8. The molecule has 0 aromatic rings. The number of hydrogen-bond acceptors (Lipinski definition) is 3. The minimum Gasteiger partial charge on any atom is -0.379 e.